The summed E-state index contributed by atoms with van der Waals surface area (Å²) in [6, 6.07) is 6.76. The molecule has 15 heavy (non-hydrogen) atoms. The van der Waals surface area contributed by atoms with Gasteiger partial charge in [-0.3, -0.25) is 0 Å². The molecule has 80 valence electrons. The molecule has 0 aliphatic rings. The Morgan fingerprint density at radius 1 is 1.40 bits per heavy atom. The molecule has 1 atom stereocenters. The summed E-state index contributed by atoms with van der Waals surface area (Å²) in [6.45, 7) is 0. The first-order valence-corrected chi connectivity index (χ1v) is 6.39. The van der Waals surface area contributed by atoms with Crippen LogP contribution >= 0.6 is 31.9 Å². The highest BCUT2D eigenvalue weighted by molar-refractivity contribution is 9.12. The molecule has 4 heteroatoms. The van der Waals surface area contributed by atoms with E-state index in [1.807, 2.05) is 12.2 Å². The molecule has 1 aromatic rings. The van der Waals surface area contributed by atoms with Crippen LogP contribution in [0.3, 0.4) is 0 Å². The topological polar surface area (TPSA) is 37.3 Å². The first-order chi connectivity index (χ1) is 7.13. The lowest BCUT2D eigenvalue weighted by Crippen LogP contribution is -1.95. The van der Waals surface area contributed by atoms with Crippen molar-refractivity contribution in [1.29, 1.82) is 0 Å². The van der Waals surface area contributed by atoms with Crippen molar-refractivity contribution in [2.45, 2.75) is 4.83 Å². The minimum atomic E-state index is -0.899. The number of aromatic carboxylic acids is 1. The molecule has 0 saturated heterocycles. The molecule has 0 fully saturated rings. The lowest BCUT2D eigenvalue weighted by Gasteiger charge is -1.98. The average Bonchev–Trinajstić information content (AvgIpc) is 2.26. The zero-order valence-electron chi connectivity index (χ0n) is 7.86. The molecular formula is C11H10Br2O2. The van der Waals surface area contributed by atoms with Crippen molar-refractivity contribution in [2.24, 2.45) is 0 Å². The molecule has 2 nitrogen and oxygen atoms in total. The molecule has 1 rings (SSSR count). The van der Waals surface area contributed by atoms with Crippen LogP contribution < -0.4 is 0 Å². The smallest absolute Gasteiger partial charge is 0.335 e. The maximum atomic E-state index is 10.6. The van der Waals surface area contributed by atoms with Crippen molar-refractivity contribution in [3.05, 3.63) is 41.5 Å². The Kier molecular flexibility index (Phi) is 5.05. The molecule has 0 amide bonds. The molecule has 0 aliphatic heterocycles. The molecule has 1 aromatic carbocycles. The van der Waals surface area contributed by atoms with Crippen LogP contribution in [0, 0.1) is 0 Å². The van der Waals surface area contributed by atoms with Gasteiger partial charge in [0.25, 0.3) is 0 Å². The number of carboxylic acids is 1. The van der Waals surface area contributed by atoms with Crippen LogP contribution in [-0.4, -0.2) is 21.2 Å². The van der Waals surface area contributed by atoms with Crippen LogP contribution in [0.4, 0.5) is 0 Å². The summed E-state index contributed by atoms with van der Waals surface area (Å²) in [7, 11) is 0. The average molecular weight is 334 g/mol. The molecule has 0 spiro atoms. The van der Waals surface area contributed by atoms with E-state index in [2.05, 4.69) is 31.9 Å². The SMILES string of the molecule is O=C(O)c1ccc(C=CC(Br)CBr)cc1. The van der Waals surface area contributed by atoms with Crippen LogP contribution in [-0.2, 0) is 0 Å². The lowest BCUT2D eigenvalue weighted by atomic mass is 10.1. The molecule has 0 radical (unpaired) electrons. The fourth-order valence-electron chi connectivity index (χ4n) is 1.00. The number of carboxylic acid groups (broad SMARTS) is 1. The Morgan fingerprint density at radius 3 is 2.47 bits per heavy atom. The van der Waals surface area contributed by atoms with E-state index in [1.165, 1.54) is 0 Å². The summed E-state index contributed by atoms with van der Waals surface area (Å²) >= 11 is 6.79. The van der Waals surface area contributed by atoms with E-state index in [0.29, 0.717) is 5.56 Å². The predicted molar refractivity (Wildman–Crippen MR) is 68.9 cm³/mol. The molecule has 0 saturated carbocycles. The van der Waals surface area contributed by atoms with Crippen molar-refractivity contribution in [2.75, 3.05) is 5.33 Å². The van der Waals surface area contributed by atoms with Crippen LogP contribution in [0.5, 0.6) is 0 Å². The molecule has 1 N–H and O–H groups in total. The van der Waals surface area contributed by atoms with Crippen LogP contribution in [0.2, 0.25) is 0 Å². The monoisotopic (exact) mass is 332 g/mol. The molecule has 0 aliphatic carbocycles. The van der Waals surface area contributed by atoms with Crippen LogP contribution in [0.15, 0.2) is 30.3 Å². The van der Waals surface area contributed by atoms with Crippen molar-refractivity contribution in [1.82, 2.24) is 0 Å². The quantitative estimate of drug-likeness (QED) is 0.855. The van der Waals surface area contributed by atoms with Gasteiger partial charge >= 0.3 is 5.97 Å². The van der Waals surface area contributed by atoms with Gasteiger partial charge in [-0.25, -0.2) is 4.79 Å². The Bertz CT molecular complexity index is 357. The van der Waals surface area contributed by atoms with Crippen LogP contribution in [0.25, 0.3) is 6.08 Å². The third kappa shape index (κ3) is 4.18. The van der Waals surface area contributed by atoms with Gasteiger partial charge < -0.3 is 5.11 Å². The highest BCUT2D eigenvalue weighted by Gasteiger charge is 2.00. The number of allylic oxidation sites excluding steroid dienone is 1. The van der Waals surface area contributed by atoms with E-state index < -0.39 is 5.97 Å². The first-order valence-electron chi connectivity index (χ1n) is 4.35. The Hall–Kier alpha value is -0.610. The normalized spacial score (nSPS) is 12.9. The second-order valence-electron chi connectivity index (χ2n) is 2.96. The van der Waals surface area contributed by atoms with Crippen molar-refractivity contribution >= 4 is 43.9 Å². The fraction of sp³-hybridized carbons (Fsp3) is 0.182. The Labute approximate surface area is 105 Å². The number of rotatable bonds is 4. The first kappa shape index (κ1) is 12.5. The van der Waals surface area contributed by atoms with E-state index in [9.17, 15) is 4.79 Å². The highest BCUT2D eigenvalue weighted by atomic mass is 79.9. The standard InChI is InChI=1S/C11H10Br2O2/c12-7-10(13)6-3-8-1-4-9(5-2-8)11(14)15/h1-6,10H,7H2,(H,14,15). The number of carbonyl (C=O) groups is 1. The van der Waals surface area contributed by atoms with Gasteiger partial charge in [0.1, 0.15) is 0 Å². The Morgan fingerprint density at radius 2 is 2.00 bits per heavy atom. The molecule has 1 unspecified atom stereocenters. The molecular weight excluding hydrogens is 324 g/mol. The van der Waals surface area contributed by atoms with Crippen molar-refractivity contribution in [3.63, 3.8) is 0 Å². The zero-order valence-corrected chi connectivity index (χ0v) is 11.0. The predicted octanol–water partition coefficient (Wildman–Crippen LogP) is 3.56. The maximum Gasteiger partial charge on any atom is 0.335 e. The number of alkyl halides is 2. The lowest BCUT2D eigenvalue weighted by molar-refractivity contribution is 0.0697. The van der Waals surface area contributed by atoms with Gasteiger partial charge in [-0.05, 0) is 17.7 Å². The minimum absolute atomic E-state index is 0.289. The Balaban J connectivity index is 2.72. The number of hydrogen-bond donors (Lipinski definition) is 1. The minimum Gasteiger partial charge on any atom is -0.478 e. The van der Waals surface area contributed by atoms with Gasteiger partial charge in [0, 0.05) is 10.2 Å². The van der Waals surface area contributed by atoms with E-state index in [1.54, 1.807) is 24.3 Å². The number of hydrogen-bond acceptors (Lipinski definition) is 1. The van der Waals surface area contributed by atoms with Gasteiger partial charge in [-0.2, -0.15) is 0 Å². The van der Waals surface area contributed by atoms with Crippen LogP contribution in [0.1, 0.15) is 15.9 Å². The van der Waals surface area contributed by atoms with E-state index >= 15 is 0 Å². The summed E-state index contributed by atoms with van der Waals surface area (Å²) < 4.78 is 0. The summed E-state index contributed by atoms with van der Waals surface area (Å²) in [5.74, 6) is -0.899. The molecule has 0 heterocycles. The van der Waals surface area contributed by atoms with Gasteiger partial charge in [0.15, 0.2) is 0 Å². The number of benzene rings is 1. The molecule has 0 bridgehead atoms. The van der Waals surface area contributed by atoms with Crippen molar-refractivity contribution in [3.8, 4) is 0 Å². The second kappa shape index (κ2) is 6.08. The van der Waals surface area contributed by atoms with Gasteiger partial charge in [0.2, 0.25) is 0 Å². The highest BCUT2D eigenvalue weighted by Crippen LogP contribution is 2.10. The largest absolute Gasteiger partial charge is 0.478 e. The van der Waals surface area contributed by atoms with Gasteiger partial charge in [0.05, 0.1) is 5.56 Å². The fourth-order valence-corrected chi connectivity index (χ4v) is 1.37. The zero-order chi connectivity index (χ0) is 11.3. The number of halogens is 2. The van der Waals surface area contributed by atoms with E-state index in [0.717, 1.165) is 10.9 Å². The third-order valence-electron chi connectivity index (χ3n) is 1.80. The summed E-state index contributed by atoms with van der Waals surface area (Å²) in [6.07, 6.45) is 3.96. The summed E-state index contributed by atoms with van der Waals surface area (Å²) in [5.41, 5.74) is 1.30. The van der Waals surface area contributed by atoms with E-state index in [-0.39, 0.29) is 4.83 Å². The third-order valence-corrected chi connectivity index (χ3v) is 4.00. The van der Waals surface area contributed by atoms with E-state index in [4.69, 9.17) is 5.11 Å². The molecule has 0 aromatic heterocycles. The van der Waals surface area contributed by atoms with Gasteiger partial charge in [-0.15, -0.1) is 0 Å². The van der Waals surface area contributed by atoms with Crippen molar-refractivity contribution < 1.29 is 9.90 Å². The summed E-state index contributed by atoms with van der Waals surface area (Å²) in [4.78, 5) is 10.9. The van der Waals surface area contributed by atoms with Gasteiger partial charge in [-0.1, -0.05) is 56.1 Å². The second-order valence-corrected chi connectivity index (χ2v) is 4.78. The summed E-state index contributed by atoms with van der Waals surface area (Å²) in [5, 5.41) is 9.54. The maximum absolute atomic E-state index is 10.6.